The number of nitriles is 1. The number of hydrogen-bond acceptors (Lipinski definition) is 4. The Hall–Kier alpha value is -0.890. The van der Waals surface area contributed by atoms with E-state index in [9.17, 15) is 4.91 Å². The van der Waals surface area contributed by atoms with Gasteiger partial charge in [-0.1, -0.05) is 0 Å². The second-order valence-corrected chi connectivity index (χ2v) is 0.704. The molecule has 0 saturated heterocycles. The van der Waals surface area contributed by atoms with Crippen molar-refractivity contribution in [2.45, 2.75) is 0 Å². The summed E-state index contributed by atoms with van der Waals surface area (Å²) in [6.07, 6.45) is 1.08. The van der Waals surface area contributed by atoms with Gasteiger partial charge in [-0.3, -0.25) is 0 Å². The number of rotatable bonds is 1. The molecule has 0 aromatic rings. The average molecular weight is 104 g/mol. The standard InChI is InChI=1S/CN2O2S/c2-1-5-3(4)6. The Morgan fingerprint density at radius 2 is 2.50 bits per heavy atom. The van der Waals surface area contributed by atoms with E-state index >= 15 is 0 Å². The zero-order valence-electron chi connectivity index (χ0n) is 2.62. The van der Waals surface area contributed by atoms with E-state index in [0.29, 0.717) is 0 Å². The van der Waals surface area contributed by atoms with Crippen molar-refractivity contribution >= 4 is 12.8 Å². The van der Waals surface area contributed by atoms with E-state index in [-0.39, 0.29) is 4.33 Å². The van der Waals surface area contributed by atoms with Crippen molar-refractivity contribution in [1.82, 2.24) is 0 Å². The molecule has 0 N–H and O–H groups in total. The van der Waals surface area contributed by atoms with Gasteiger partial charge in [0.25, 0.3) is 0 Å². The summed E-state index contributed by atoms with van der Waals surface area (Å²) in [7, 11) is 0. The van der Waals surface area contributed by atoms with Gasteiger partial charge in [0.15, 0.2) is 0 Å². The van der Waals surface area contributed by atoms with Gasteiger partial charge in [0.05, 0.1) is 4.91 Å². The van der Waals surface area contributed by atoms with Crippen LogP contribution in [0.3, 0.4) is 0 Å². The molecule has 0 aromatic carbocycles. The van der Waals surface area contributed by atoms with Crippen molar-refractivity contribution in [2.75, 3.05) is 0 Å². The third-order valence-corrected chi connectivity index (χ3v) is 0.190. The van der Waals surface area contributed by atoms with Gasteiger partial charge < -0.3 is 12.8 Å². The van der Waals surface area contributed by atoms with Crippen LogP contribution in [-0.4, -0.2) is 4.33 Å². The third-order valence-electron chi connectivity index (χ3n) is 0.115. The van der Waals surface area contributed by atoms with Gasteiger partial charge in [-0.25, -0.2) is 0 Å². The van der Waals surface area contributed by atoms with Crippen LogP contribution in [0.1, 0.15) is 0 Å². The summed E-state index contributed by atoms with van der Waals surface area (Å²) >= 11 is 3.71. The van der Waals surface area contributed by atoms with Gasteiger partial charge in [0.1, 0.15) is 4.33 Å². The molecule has 0 aromatic heterocycles. The van der Waals surface area contributed by atoms with Gasteiger partial charge in [-0.15, -0.1) is 10.1 Å². The van der Waals surface area contributed by atoms with Crippen LogP contribution >= 0.6 is 0 Å². The fourth-order valence-corrected chi connectivity index (χ4v) is 0.0667. The Bertz CT molecular complexity index is 94.2. The van der Waals surface area contributed by atoms with E-state index in [1.54, 1.807) is 0 Å². The van der Waals surface area contributed by atoms with Crippen LogP contribution in [0.15, 0.2) is 0 Å². The van der Waals surface area contributed by atoms with E-state index in [1.807, 2.05) is 0 Å². The molecular weight excluding hydrogens is 104 g/mol. The molecule has 0 aliphatic carbocycles. The van der Waals surface area contributed by atoms with Crippen LogP contribution < -0.4 is 0 Å². The van der Waals surface area contributed by atoms with Crippen molar-refractivity contribution in [3.63, 3.8) is 0 Å². The predicted molar refractivity (Wildman–Crippen MR) is 17.7 cm³/mol. The molecule has 0 heterocycles. The van der Waals surface area contributed by atoms with E-state index in [4.69, 9.17) is 5.26 Å². The van der Waals surface area contributed by atoms with Crippen LogP contribution in [-0.2, 0) is 17.7 Å². The summed E-state index contributed by atoms with van der Waals surface area (Å²) in [5, 5.41) is 7.46. The topological polar surface area (TPSA) is 53.1 Å². The highest BCUT2D eigenvalue weighted by Crippen LogP contribution is 1.62. The molecule has 32 valence electrons. The van der Waals surface area contributed by atoms with Gasteiger partial charge in [0, 0.05) is 0 Å². The highest BCUT2D eigenvalue weighted by atomic mass is 32.1. The van der Waals surface area contributed by atoms with E-state index in [0.717, 1.165) is 6.26 Å². The van der Waals surface area contributed by atoms with Crippen LogP contribution in [0.2, 0.25) is 0 Å². The maximum atomic E-state index is 9.33. The molecule has 0 atom stereocenters. The Morgan fingerprint density at radius 3 is 2.50 bits per heavy atom. The average Bonchev–Trinajstić information content (AvgIpc) is 1.35. The summed E-state index contributed by atoms with van der Waals surface area (Å²) in [5.41, 5.74) is 0. The fraction of sp³-hybridized carbons (Fsp3) is 0. The summed E-state index contributed by atoms with van der Waals surface area (Å²) in [6.45, 7) is 0. The molecule has 0 radical (unpaired) electrons. The van der Waals surface area contributed by atoms with Crippen molar-refractivity contribution in [2.24, 2.45) is 0 Å². The van der Waals surface area contributed by atoms with E-state index in [1.165, 1.54) is 0 Å². The molecular formula is CN2O2S. The highest BCUT2D eigenvalue weighted by Gasteiger charge is 1.80. The molecule has 0 amide bonds. The van der Waals surface area contributed by atoms with Crippen molar-refractivity contribution < 1.29 is 9.17 Å². The Morgan fingerprint density at radius 1 is 2.00 bits per heavy atom. The second-order valence-electron chi connectivity index (χ2n) is 0.406. The minimum atomic E-state index is -0.347. The minimum absolute atomic E-state index is 0.347. The lowest BCUT2D eigenvalue weighted by atomic mass is 11.6. The lowest BCUT2D eigenvalue weighted by Gasteiger charge is -1.74. The molecule has 0 fully saturated rings. The van der Waals surface area contributed by atoms with Gasteiger partial charge in [-0.2, -0.15) is 0 Å². The first-order valence-electron chi connectivity index (χ1n) is 0.975. The van der Waals surface area contributed by atoms with Crippen LogP contribution in [0, 0.1) is 16.4 Å². The van der Waals surface area contributed by atoms with Gasteiger partial charge in [-0.05, 0) is 0 Å². The predicted octanol–water partition coefficient (Wildman–Crippen LogP) is -0.360. The normalized spacial score (nSPS) is 5.83. The summed E-state index contributed by atoms with van der Waals surface area (Å²) in [4.78, 5) is 12.8. The molecule has 0 rings (SSSR count). The second kappa shape index (κ2) is 2.35. The molecule has 0 aliphatic rings. The van der Waals surface area contributed by atoms with Crippen LogP contribution in [0.25, 0.3) is 0 Å². The summed E-state index contributed by atoms with van der Waals surface area (Å²) < 4.78 is -0.347. The zero-order chi connectivity index (χ0) is 4.99. The fourth-order valence-electron chi connectivity index (χ4n) is 0.0333. The van der Waals surface area contributed by atoms with Crippen LogP contribution in [0.4, 0.5) is 0 Å². The highest BCUT2D eigenvalue weighted by molar-refractivity contribution is 7.51. The first-order chi connectivity index (χ1) is 2.77. The Kier molecular flexibility index (Phi) is 2.00. The molecule has 0 spiro atoms. The molecule has 4 nitrogen and oxygen atoms in total. The lowest BCUT2D eigenvalue weighted by Crippen LogP contribution is -1.91. The SMILES string of the molecule is N#CO[N+](=O)[S-]. The van der Waals surface area contributed by atoms with E-state index < -0.39 is 0 Å². The zero-order valence-corrected chi connectivity index (χ0v) is 3.44. The summed E-state index contributed by atoms with van der Waals surface area (Å²) in [5.74, 6) is 0. The molecule has 6 heavy (non-hydrogen) atoms. The maximum absolute atomic E-state index is 9.33. The molecule has 0 saturated carbocycles. The molecule has 0 bridgehead atoms. The van der Waals surface area contributed by atoms with Crippen molar-refractivity contribution in [3.8, 4) is 6.26 Å². The van der Waals surface area contributed by atoms with Crippen molar-refractivity contribution in [1.29, 1.82) is 5.26 Å². The monoisotopic (exact) mass is 104 g/mol. The number of hydrogen-bond donors (Lipinski definition) is 0. The van der Waals surface area contributed by atoms with Crippen molar-refractivity contribution in [3.05, 3.63) is 4.91 Å². The van der Waals surface area contributed by atoms with Gasteiger partial charge in [0.2, 0.25) is 0 Å². The van der Waals surface area contributed by atoms with E-state index in [2.05, 4.69) is 17.7 Å². The van der Waals surface area contributed by atoms with Crippen LogP contribution in [0.5, 0.6) is 0 Å². The number of nitrogens with zero attached hydrogens (tertiary/aromatic N) is 2. The third kappa shape index (κ3) is 3.11. The Labute approximate surface area is 39.4 Å². The first-order valence-corrected chi connectivity index (χ1v) is 1.34. The quantitative estimate of drug-likeness (QED) is 0.259. The smallest absolute Gasteiger partial charge is 0.304 e. The maximum Gasteiger partial charge on any atom is 0.369 e. The minimum Gasteiger partial charge on any atom is -0.304 e. The molecule has 0 unspecified atom stereocenters. The molecule has 5 heteroatoms. The Balaban J connectivity index is 3.13. The largest absolute Gasteiger partial charge is 0.369 e. The summed E-state index contributed by atoms with van der Waals surface area (Å²) in [6, 6.07) is 0. The molecule has 0 aliphatic heterocycles. The lowest BCUT2D eigenvalue weighted by molar-refractivity contribution is -0.651. The first kappa shape index (κ1) is 5.11. The van der Waals surface area contributed by atoms with Gasteiger partial charge >= 0.3 is 6.26 Å².